The summed E-state index contributed by atoms with van der Waals surface area (Å²) in [4.78, 5) is 9.34. The van der Waals surface area contributed by atoms with Gasteiger partial charge in [-0.3, -0.25) is 19.1 Å². The Morgan fingerprint density at radius 2 is 1.47 bits per heavy atom. The van der Waals surface area contributed by atoms with Gasteiger partial charge in [0.05, 0.1) is 0 Å². The fourth-order valence-electron chi connectivity index (χ4n) is 5.68. The monoisotopic (exact) mass is 430 g/mol. The van der Waals surface area contributed by atoms with Gasteiger partial charge >= 0.3 is 0 Å². The van der Waals surface area contributed by atoms with Crippen LogP contribution in [0.25, 0.3) is 0 Å². The molecule has 2 unspecified atom stereocenters. The van der Waals surface area contributed by atoms with Gasteiger partial charge in [-0.15, -0.1) is 0 Å². The summed E-state index contributed by atoms with van der Waals surface area (Å²) in [6, 6.07) is 8.29. The van der Waals surface area contributed by atoms with Crippen LogP contribution in [0, 0.1) is 37.0 Å². The summed E-state index contributed by atoms with van der Waals surface area (Å²) in [7, 11) is -3.10. The Bertz CT molecular complexity index is 839. The van der Waals surface area contributed by atoms with Crippen LogP contribution in [0.1, 0.15) is 42.3 Å². The fraction of sp³-hybridized carbons (Fsp3) is 0.565. The van der Waals surface area contributed by atoms with Gasteiger partial charge in [0.15, 0.2) is 0 Å². The Labute approximate surface area is 181 Å². The first-order chi connectivity index (χ1) is 14.2. The highest BCUT2D eigenvalue weighted by atomic mass is 32.3. The predicted molar refractivity (Wildman–Crippen MR) is 122 cm³/mol. The van der Waals surface area contributed by atoms with Crippen molar-refractivity contribution in [1.29, 1.82) is 0 Å². The van der Waals surface area contributed by atoms with E-state index >= 15 is 0 Å². The zero-order chi connectivity index (χ0) is 21.5. The maximum atomic E-state index is 9.83. The van der Waals surface area contributed by atoms with E-state index in [0.717, 1.165) is 25.7 Å². The number of piperidine rings is 1. The molecule has 2 aromatic heterocycles. The molecule has 4 N–H and O–H groups in total. The van der Waals surface area contributed by atoms with E-state index in [-0.39, 0.29) is 5.41 Å². The smallest absolute Gasteiger partial charge is 0.0435 e. The summed E-state index contributed by atoms with van der Waals surface area (Å²) in [5.41, 5.74) is 5.11. The van der Waals surface area contributed by atoms with Crippen LogP contribution in [0.15, 0.2) is 36.7 Å². The molecule has 1 saturated heterocycles. The Kier molecular flexibility index (Phi) is 5.94. The largest absolute Gasteiger partial charge is 0.273 e. The molecule has 2 aliphatic rings. The van der Waals surface area contributed by atoms with E-state index in [1.807, 2.05) is 24.5 Å². The summed E-state index contributed by atoms with van der Waals surface area (Å²) in [5.74, 6) is 1.66. The average Bonchev–Trinajstić information content (AvgIpc) is 3.28. The Morgan fingerprint density at radius 1 is 1.00 bits per heavy atom. The minimum atomic E-state index is -3.10. The Morgan fingerprint density at radius 3 is 1.87 bits per heavy atom. The fourth-order valence-corrected chi connectivity index (χ4v) is 6.43. The van der Waals surface area contributed by atoms with E-state index in [0.29, 0.717) is 30.8 Å². The number of aryl methyl sites for hydroxylation is 2. The van der Waals surface area contributed by atoms with Gasteiger partial charge in [-0.2, -0.15) is 4.31 Å². The first-order valence-electron chi connectivity index (χ1n) is 10.8. The zero-order valence-electron chi connectivity index (χ0n) is 18.2. The van der Waals surface area contributed by atoms with Gasteiger partial charge in [0.25, 0.3) is 0 Å². The molecule has 1 aliphatic carbocycles. The van der Waals surface area contributed by atoms with Gasteiger partial charge in [-0.25, -0.2) is 5.14 Å². The van der Waals surface area contributed by atoms with Crippen molar-refractivity contribution in [1.82, 2.24) is 14.3 Å². The van der Waals surface area contributed by atoms with Crippen LogP contribution < -0.4 is 5.14 Å². The third kappa shape index (κ3) is 4.14. The molecule has 1 saturated carbocycles. The van der Waals surface area contributed by atoms with Crippen molar-refractivity contribution >= 4 is 11.0 Å². The highest BCUT2D eigenvalue weighted by Crippen LogP contribution is 2.67. The number of hydrogen-bond acceptors (Lipinski definition) is 6. The van der Waals surface area contributed by atoms with Crippen molar-refractivity contribution < 1.29 is 9.11 Å². The van der Waals surface area contributed by atoms with Crippen molar-refractivity contribution in [3.05, 3.63) is 59.2 Å². The van der Waals surface area contributed by atoms with Crippen LogP contribution in [-0.2, 0) is 12.8 Å². The second-order valence-corrected chi connectivity index (χ2v) is 10.9. The SMILES string of the molecule is Cc1cccnc1CC1C(Cc2ncccc2C)C1(C)C1CCN(S(N)(O)O)CC1. The van der Waals surface area contributed by atoms with E-state index in [1.165, 1.54) is 22.5 Å². The molecule has 2 aromatic rings. The molecule has 0 amide bonds. The Balaban J connectivity index is 1.55. The van der Waals surface area contributed by atoms with Crippen LogP contribution in [0.5, 0.6) is 0 Å². The van der Waals surface area contributed by atoms with Gasteiger partial charge in [0.1, 0.15) is 0 Å². The van der Waals surface area contributed by atoms with Crippen molar-refractivity contribution in [2.45, 2.75) is 46.5 Å². The lowest BCUT2D eigenvalue weighted by molar-refractivity contribution is 0.172. The van der Waals surface area contributed by atoms with E-state index in [9.17, 15) is 9.11 Å². The van der Waals surface area contributed by atoms with Crippen molar-refractivity contribution in [3.8, 4) is 0 Å². The minimum absolute atomic E-state index is 0.206. The maximum Gasteiger partial charge on any atom is 0.0435 e. The third-order valence-electron chi connectivity index (χ3n) is 7.75. The predicted octanol–water partition coefficient (Wildman–Crippen LogP) is 4.38. The van der Waals surface area contributed by atoms with E-state index in [2.05, 4.69) is 42.9 Å². The Hall–Kier alpha value is -1.51. The molecular formula is C23H34N4O2S. The first-order valence-corrected chi connectivity index (χ1v) is 12.4. The lowest BCUT2D eigenvalue weighted by atomic mass is 9.79. The molecule has 164 valence electrons. The van der Waals surface area contributed by atoms with Crippen LogP contribution in [0.3, 0.4) is 0 Å². The van der Waals surface area contributed by atoms with Crippen LogP contribution in [-0.4, -0.2) is 36.5 Å². The lowest BCUT2D eigenvalue weighted by Crippen LogP contribution is -2.41. The zero-order valence-corrected chi connectivity index (χ0v) is 19.0. The summed E-state index contributed by atoms with van der Waals surface area (Å²) in [6.45, 7) is 8.00. The molecule has 6 nitrogen and oxygen atoms in total. The molecule has 3 heterocycles. The van der Waals surface area contributed by atoms with Crippen LogP contribution in [0.4, 0.5) is 0 Å². The van der Waals surface area contributed by atoms with Crippen molar-refractivity contribution in [2.24, 2.45) is 28.3 Å². The second kappa shape index (κ2) is 8.20. The summed E-state index contributed by atoms with van der Waals surface area (Å²) < 4.78 is 21.3. The molecule has 0 spiro atoms. The van der Waals surface area contributed by atoms with Crippen LogP contribution >= 0.6 is 11.0 Å². The maximum absolute atomic E-state index is 9.83. The van der Waals surface area contributed by atoms with Gasteiger partial charge in [0, 0.05) is 36.9 Å². The van der Waals surface area contributed by atoms with Crippen molar-refractivity contribution in [3.63, 3.8) is 0 Å². The molecule has 2 atom stereocenters. The highest BCUT2D eigenvalue weighted by Gasteiger charge is 2.64. The number of pyridine rings is 2. The lowest BCUT2D eigenvalue weighted by Gasteiger charge is -2.44. The minimum Gasteiger partial charge on any atom is -0.273 e. The summed E-state index contributed by atoms with van der Waals surface area (Å²) in [6.07, 6.45) is 7.66. The summed E-state index contributed by atoms with van der Waals surface area (Å²) >= 11 is 0. The average molecular weight is 431 g/mol. The molecule has 4 rings (SSSR count). The van der Waals surface area contributed by atoms with E-state index in [4.69, 9.17) is 5.14 Å². The number of aromatic nitrogens is 2. The topological polar surface area (TPSA) is 95.5 Å². The quantitative estimate of drug-likeness (QED) is 0.629. The molecule has 7 heteroatoms. The van der Waals surface area contributed by atoms with Gasteiger partial charge in [0.2, 0.25) is 0 Å². The standard InChI is InChI=1S/C23H34N4O2S/c1-16-6-4-10-25-21(16)14-19-20(15-22-17(2)7-5-11-26-22)23(19,3)18-8-12-27(13-9-18)30(24,28)29/h4-7,10-11,18-20,28-29H,8-9,12-15,24H2,1-3H3. The second-order valence-electron chi connectivity index (χ2n) is 9.29. The van der Waals surface area contributed by atoms with Gasteiger partial charge in [-0.1, -0.05) is 30.0 Å². The van der Waals surface area contributed by atoms with E-state index < -0.39 is 11.0 Å². The molecule has 0 aromatic carbocycles. The number of nitrogens with zero attached hydrogens (tertiary/aromatic N) is 3. The van der Waals surface area contributed by atoms with Crippen molar-refractivity contribution in [2.75, 3.05) is 13.1 Å². The van der Waals surface area contributed by atoms with Gasteiger partial charge in [-0.05, 0) is 86.0 Å². The molecule has 0 bridgehead atoms. The normalized spacial score (nSPS) is 28.5. The summed E-state index contributed by atoms with van der Waals surface area (Å²) in [5, 5.41) is 5.58. The number of rotatable bonds is 6. The third-order valence-corrected chi connectivity index (χ3v) is 8.88. The van der Waals surface area contributed by atoms with Gasteiger partial charge < -0.3 is 0 Å². The number of hydrogen-bond donors (Lipinski definition) is 3. The highest BCUT2D eigenvalue weighted by molar-refractivity contribution is 8.20. The molecular weight excluding hydrogens is 396 g/mol. The first kappa shape index (κ1) is 21.7. The van der Waals surface area contributed by atoms with Crippen LogP contribution in [0.2, 0.25) is 0 Å². The molecule has 2 fully saturated rings. The molecule has 1 aliphatic heterocycles. The van der Waals surface area contributed by atoms with E-state index in [1.54, 1.807) is 4.31 Å². The number of nitrogens with two attached hydrogens (primary N) is 1. The molecule has 30 heavy (non-hydrogen) atoms. The molecule has 0 radical (unpaired) electrons.